The van der Waals surface area contributed by atoms with Crippen LogP contribution in [0.4, 0.5) is 0 Å². The average Bonchev–Trinajstić information content (AvgIpc) is 3.17. The predicted molar refractivity (Wildman–Crippen MR) is 71.8 cm³/mol. The van der Waals surface area contributed by atoms with Gasteiger partial charge in [-0.05, 0) is 6.07 Å². The van der Waals surface area contributed by atoms with Crippen LogP contribution in [-0.2, 0) is 6.54 Å². The van der Waals surface area contributed by atoms with Crippen molar-refractivity contribution in [3.63, 3.8) is 0 Å². The second-order valence-corrected chi connectivity index (χ2v) is 4.26. The lowest BCUT2D eigenvalue weighted by Gasteiger charge is -1.98. The van der Waals surface area contributed by atoms with E-state index in [2.05, 4.69) is 10.5 Å². The van der Waals surface area contributed by atoms with E-state index in [-0.39, 0.29) is 11.6 Å². The van der Waals surface area contributed by atoms with Gasteiger partial charge < -0.3 is 14.3 Å². The molecule has 3 aromatic rings. The maximum absolute atomic E-state index is 11.9. The Morgan fingerprint density at radius 1 is 1.20 bits per heavy atom. The number of aromatic nitrogens is 1. The Labute approximate surface area is 115 Å². The maximum atomic E-state index is 11.9. The van der Waals surface area contributed by atoms with Crippen LogP contribution in [0.5, 0.6) is 0 Å². The third-order valence-electron chi connectivity index (χ3n) is 2.83. The lowest BCUT2D eigenvalue weighted by Crippen LogP contribution is -2.22. The highest BCUT2D eigenvalue weighted by Crippen LogP contribution is 2.19. The Kier molecular flexibility index (Phi) is 3.33. The summed E-state index contributed by atoms with van der Waals surface area (Å²) in [7, 11) is 0. The first-order valence-corrected chi connectivity index (χ1v) is 6.14. The van der Waals surface area contributed by atoms with E-state index in [0.717, 1.165) is 11.1 Å². The van der Waals surface area contributed by atoms with Gasteiger partial charge in [0.25, 0.3) is 5.91 Å². The second-order valence-electron chi connectivity index (χ2n) is 4.26. The normalized spacial score (nSPS) is 10.4. The van der Waals surface area contributed by atoms with E-state index in [1.165, 1.54) is 0 Å². The molecular weight excluding hydrogens is 256 g/mol. The molecule has 20 heavy (non-hydrogen) atoms. The van der Waals surface area contributed by atoms with E-state index >= 15 is 0 Å². The van der Waals surface area contributed by atoms with E-state index in [1.807, 2.05) is 30.3 Å². The number of nitrogens with one attached hydrogen (secondary N) is 1. The number of hydrogen-bond acceptors (Lipinski definition) is 4. The van der Waals surface area contributed by atoms with Crippen molar-refractivity contribution in [2.75, 3.05) is 0 Å². The van der Waals surface area contributed by atoms with Crippen LogP contribution in [0.3, 0.4) is 0 Å². The van der Waals surface area contributed by atoms with Crippen LogP contribution in [0.15, 0.2) is 63.9 Å². The van der Waals surface area contributed by atoms with E-state index in [1.54, 1.807) is 24.7 Å². The van der Waals surface area contributed by atoms with Gasteiger partial charge in [-0.3, -0.25) is 4.79 Å². The van der Waals surface area contributed by atoms with Crippen molar-refractivity contribution in [1.82, 2.24) is 10.5 Å². The van der Waals surface area contributed by atoms with Gasteiger partial charge in [-0.1, -0.05) is 35.5 Å². The molecule has 5 heteroatoms. The highest BCUT2D eigenvalue weighted by molar-refractivity contribution is 5.93. The fourth-order valence-electron chi connectivity index (χ4n) is 1.79. The molecule has 3 rings (SSSR count). The molecule has 1 aromatic carbocycles. The zero-order valence-electron chi connectivity index (χ0n) is 10.6. The summed E-state index contributed by atoms with van der Waals surface area (Å²) in [4.78, 5) is 11.9. The topological polar surface area (TPSA) is 68.3 Å². The monoisotopic (exact) mass is 268 g/mol. The molecule has 0 atom stereocenters. The molecule has 0 bridgehead atoms. The summed E-state index contributed by atoms with van der Waals surface area (Å²) in [5, 5.41) is 6.53. The highest BCUT2D eigenvalue weighted by Gasteiger charge is 2.13. The molecule has 0 unspecified atom stereocenters. The van der Waals surface area contributed by atoms with Gasteiger partial charge in [0.2, 0.25) is 0 Å². The molecule has 0 saturated carbocycles. The van der Waals surface area contributed by atoms with Gasteiger partial charge in [-0.25, -0.2) is 0 Å². The highest BCUT2D eigenvalue weighted by atomic mass is 16.5. The van der Waals surface area contributed by atoms with Crippen molar-refractivity contribution in [2.24, 2.45) is 0 Å². The second kappa shape index (κ2) is 5.44. The summed E-state index contributed by atoms with van der Waals surface area (Å²) in [6, 6.07) is 12.9. The van der Waals surface area contributed by atoms with Crippen LogP contribution < -0.4 is 5.32 Å². The first kappa shape index (κ1) is 12.2. The molecular formula is C15H12N2O3. The van der Waals surface area contributed by atoms with E-state index < -0.39 is 0 Å². The molecule has 1 N–H and O–H groups in total. The standard InChI is InChI=1S/C15H12N2O3/c18-15(16-9-11-6-7-19-10-11)13-8-14(20-17-13)12-4-2-1-3-5-12/h1-8,10H,9H2,(H,16,18). The number of hydrogen-bond donors (Lipinski definition) is 1. The first-order valence-electron chi connectivity index (χ1n) is 6.14. The fourth-order valence-corrected chi connectivity index (χ4v) is 1.79. The Morgan fingerprint density at radius 2 is 2.05 bits per heavy atom. The van der Waals surface area contributed by atoms with Gasteiger partial charge in [0.15, 0.2) is 11.5 Å². The molecule has 100 valence electrons. The Balaban J connectivity index is 1.69. The van der Waals surface area contributed by atoms with Crippen molar-refractivity contribution >= 4 is 5.91 Å². The number of amides is 1. The quantitative estimate of drug-likeness (QED) is 0.790. The zero-order chi connectivity index (χ0) is 13.8. The SMILES string of the molecule is O=C(NCc1ccoc1)c1cc(-c2ccccc2)on1. The van der Waals surface area contributed by atoms with Crippen molar-refractivity contribution < 1.29 is 13.7 Å². The van der Waals surface area contributed by atoms with E-state index in [4.69, 9.17) is 8.94 Å². The van der Waals surface area contributed by atoms with Crippen LogP contribution in [0.1, 0.15) is 16.1 Å². The van der Waals surface area contributed by atoms with Gasteiger partial charge in [0.1, 0.15) is 0 Å². The Bertz CT molecular complexity index is 687. The number of carbonyl (C=O) groups excluding carboxylic acids is 1. The van der Waals surface area contributed by atoms with E-state index in [9.17, 15) is 4.79 Å². The third-order valence-corrected chi connectivity index (χ3v) is 2.83. The third kappa shape index (κ3) is 2.61. The molecule has 1 amide bonds. The summed E-state index contributed by atoms with van der Waals surface area (Å²) < 4.78 is 10.1. The Morgan fingerprint density at radius 3 is 2.80 bits per heavy atom. The lowest BCUT2D eigenvalue weighted by atomic mass is 10.1. The van der Waals surface area contributed by atoms with Gasteiger partial charge >= 0.3 is 0 Å². The molecule has 0 aliphatic heterocycles. The number of furan rings is 1. The smallest absolute Gasteiger partial charge is 0.273 e. The summed E-state index contributed by atoms with van der Waals surface area (Å²) in [6.45, 7) is 0.392. The molecule has 0 radical (unpaired) electrons. The summed E-state index contributed by atoms with van der Waals surface area (Å²) in [5.41, 5.74) is 2.03. The van der Waals surface area contributed by atoms with Crippen LogP contribution in [0.2, 0.25) is 0 Å². The van der Waals surface area contributed by atoms with Crippen molar-refractivity contribution in [1.29, 1.82) is 0 Å². The van der Waals surface area contributed by atoms with Crippen LogP contribution in [-0.4, -0.2) is 11.1 Å². The summed E-state index contributed by atoms with van der Waals surface area (Å²) >= 11 is 0. The molecule has 0 aliphatic carbocycles. The molecule has 0 saturated heterocycles. The zero-order valence-corrected chi connectivity index (χ0v) is 10.6. The van der Waals surface area contributed by atoms with Gasteiger partial charge in [0.05, 0.1) is 12.5 Å². The van der Waals surface area contributed by atoms with Crippen molar-refractivity contribution in [3.05, 3.63) is 66.2 Å². The molecule has 0 fully saturated rings. The number of rotatable bonds is 4. The minimum atomic E-state index is -0.280. The number of carbonyl (C=O) groups is 1. The maximum Gasteiger partial charge on any atom is 0.273 e. The van der Waals surface area contributed by atoms with Gasteiger partial charge in [-0.2, -0.15) is 0 Å². The fraction of sp³-hybridized carbons (Fsp3) is 0.0667. The summed E-state index contributed by atoms with van der Waals surface area (Å²) in [6.07, 6.45) is 3.14. The molecule has 2 heterocycles. The largest absolute Gasteiger partial charge is 0.472 e. The number of benzene rings is 1. The van der Waals surface area contributed by atoms with Crippen LogP contribution in [0, 0.1) is 0 Å². The molecule has 0 spiro atoms. The van der Waals surface area contributed by atoms with Crippen LogP contribution >= 0.6 is 0 Å². The van der Waals surface area contributed by atoms with E-state index in [0.29, 0.717) is 12.3 Å². The number of nitrogens with zero attached hydrogens (tertiary/aromatic N) is 1. The molecule has 0 aliphatic rings. The van der Waals surface area contributed by atoms with Crippen molar-refractivity contribution in [2.45, 2.75) is 6.54 Å². The first-order chi connectivity index (χ1) is 9.83. The lowest BCUT2D eigenvalue weighted by molar-refractivity contribution is 0.0942. The summed E-state index contributed by atoms with van der Waals surface area (Å²) in [5.74, 6) is 0.288. The minimum Gasteiger partial charge on any atom is -0.472 e. The predicted octanol–water partition coefficient (Wildman–Crippen LogP) is 2.86. The van der Waals surface area contributed by atoms with Gasteiger partial charge in [0, 0.05) is 23.7 Å². The molecule has 2 aromatic heterocycles. The average molecular weight is 268 g/mol. The molecule has 5 nitrogen and oxygen atoms in total. The minimum absolute atomic E-state index is 0.257. The Hall–Kier alpha value is -2.82. The van der Waals surface area contributed by atoms with Gasteiger partial charge in [-0.15, -0.1) is 0 Å². The van der Waals surface area contributed by atoms with Crippen molar-refractivity contribution in [3.8, 4) is 11.3 Å². The van der Waals surface area contributed by atoms with Crippen LogP contribution in [0.25, 0.3) is 11.3 Å².